The Kier molecular flexibility index (Phi) is 5.45. The van der Waals surface area contributed by atoms with E-state index in [4.69, 9.17) is 9.47 Å². The normalized spacial score (nSPS) is 10.6. The molecule has 0 aliphatic heterocycles. The molecular weight excluding hydrogens is 342 g/mol. The van der Waals surface area contributed by atoms with Gasteiger partial charge in [0.1, 0.15) is 5.82 Å². The first-order chi connectivity index (χ1) is 13.1. The molecule has 0 saturated carbocycles. The third-order valence-corrected chi connectivity index (χ3v) is 4.47. The van der Waals surface area contributed by atoms with Crippen molar-refractivity contribution >= 4 is 16.9 Å². The van der Waals surface area contributed by atoms with Crippen molar-refractivity contribution in [2.24, 2.45) is 7.05 Å². The number of para-hydroxylation sites is 2. The van der Waals surface area contributed by atoms with Gasteiger partial charge in [0.2, 0.25) is 0 Å². The van der Waals surface area contributed by atoms with Crippen LogP contribution in [0.2, 0.25) is 0 Å². The number of aryl methyl sites for hydroxylation is 1. The van der Waals surface area contributed by atoms with Crippen molar-refractivity contribution in [3.05, 3.63) is 66.0 Å². The fraction of sp³-hybridized carbons (Fsp3) is 0.238. The molecule has 3 aromatic rings. The summed E-state index contributed by atoms with van der Waals surface area (Å²) in [5.41, 5.74) is 3.28. The standard InChI is InChI=1S/C21H23N3O3/c1-5-8-14-11-15(12-18(26-3)20(14)27-4)21(25)22-13-19-23-16-9-6-7-10-17(16)24(19)2/h5-7,9-12H,1,8,13H2,2-4H3,(H,22,25). The molecule has 140 valence electrons. The van der Waals surface area contributed by atoms with Crippen LogP contribution >= 0.6 is 0 Å². The van der Waals surface area contributed by atoms with Crippen LogP contribution in [-0.2, 0) is 20.0 Å². The number of allylic oxidation sites excluding steroid dienone is 1. The molecule has 2 aromatic carbocycles. The highest BCUT2D eigenvalue weighted by Crippen LogP contribution is 2.33. The van der Waals surface area contributed by atoms with Crippen molar-refractivity contribution in [2.75, 3.05) is 14.2 Å². The van der Waals surface area contributed by atoms with Crippen molar-refractivity contribution in [3.63, 3.8) is 0 Å². The van der Waals surface area contributed by atoms with Crippen LogP contribution < -0.4 is 14.8 Å². The number of hydrogen-bond acceptors (Lipinski definition) is 4. The highest BCUT2D eigenvalue weighted by Gasteiger charge is 2.16. The molecule has 0 bridgehead atoms. The van der Waals surface area contributed by atoms with Gasteiger partial charge in [-0.15, -0.1) is 6.58 Å². The summed E-state index contributed by atoms with van der Waals surface area (Å²) in [7, 11) is 5.07. The molecule has 1 N–H and O–H groups in total. The lowest BCUT2D eigenvalue weighted by molar-refractivity contribution is 0.0949. The lowest BCUT2D eigenvalue weighted by atomic mass is 10.0. The first kappa shape index (κ1) is 18.5. The molecule has 0 aliphatic rings. The molecule has 27 heavy (non-hydrogen) atoms. The molecule has 1 aromatic heterocycles. The number of benzene rings is 2. The number of fused-ring (bicyclic) bond motifs is 1. The van der Waals surface area contributed by atoms with E-state index in [9.17, 15) is 4.79 Å². The fourth-order valence-electron chi connectivity index (χ4n) is 3.10. The van der Waals surface area contributed by atoms with Gasteiger partial charge >= 0.3 is 0 Å². The summed E-state index contributed by atoms with van der Waals surface area (Å²) >= 11 is 0. The summed E-state index contributed by atoms with van der Waals surface area (Å²) in [6, 6.07) is 11.3. The van der Waals surface area contributed by atoms with Gasteiger partial charge in [-0.2, -0.15) is 0 Å². The molecule has 0 fully saturated rings. The Morgan fingerprint density at radius 1 is 1.26 bits per heavy atom. The molecule has 0 aliphatic carbocycles. The van der Waals surface area contributed by atoms with Gasteiger partial charge in [0, 0.05) is 18.2 Å². The summed E-state index contributed by atoms with van der Waals surface area (Å²) in [5.74, 6) is 1.72. The number of nitrogens with zero attached hydrogens (tertiary/aromatic N) is 2. The quantitative estimate of drug-likeness (QED) is 0.653. The number of carbonyl (C=O) groups is 1. The Morgan fingerprint density at radius 3 is 2.70 bits per heavy atom. The van der Waals surface area contributed by atoms with Crippen LogP contribution in [-0.4, -0.2) is 29.7 Å². The molecule has 0 radical (unpaired) electrons. The molecule has 1 heterocycles. The topological polar surface area (TPSA) is 65.4 Å². The van der Waals surface area contributed by atoms with Gasteiger partial charge in [-0.3, -0.25) is 4.79 Å². The van der Waals surface area contributed by atoms with E-state index < -0.39 is 0 Å². The van der Waals surface area contributed by atoms with Gasteiger partial charge < -0.3 is 19.4 Å². The minimum Gasteiger partial charge on any atom is -0.493 e. The van der Waals surface area contributed by atoms with Crippen molar-refractivity contribution in [1.29, 1.82) is 0 Å². The molecule has 1 amide bonds. The summed E-state index contributed by atoms with van der Waals surface area (Å²) in [6.07, 6.45) is 2.34. The third-order valence-electron chi connectivity index (χ3n) is 4.47. The molecule has 0 atom stereocenters. The number of methoxy groups -OCH3 is 2. The third kappa shape index (κ3) is 3.65. The molecule has 6 heteroatoms. The minimum atomic E-state index is -0.201. The average molecular weight is 365 g/mol. The predicted octanol–water partition coefficient (Wildman–Crippen LogP) is 3.25. The number of imidazole rings is 1. The van der Waals surface area contributed by atoms with Crippen molar-refractivity contribution in [2.45, 2.75) is 13.0 Å². The molecule has 0 saturated heterocycles. The van der Waals surface area contributed by atoms with Crippen LogP contribution in [0, 0.1) is 0 Å². The van der Waals surface area contributed by atoms with Crippen molar-refractivity contribution in [3.8, 4) is 11.5 Å². The van der Waals surface area contributed by atoms with E-state index >= 15 is 0 Å². The molecular formula is C21H23N3O3. The number of rotatable bonds is 7. The number of hydrogen-bond donors (Lipinski definition) is 1. The smallest absolute Gasteiger partial charge is 0.251 e. The van der Waals surface area contributed by atoms with Crippen molar-refractivity contribution in [1.82, 2.24) is 14.9 Å². The highest BCUT2D eigenvalue weighted by molar-refractivity contribution is 5.95. The summed E-state index contributed by atoms with van der Waals surface area (Å²) in [5, 5.41) is 2.93. The van der Waals surface area contributed by atoms with E-state index in [0.717, 1.165) is 22.4 Å². The maximum atomic E-state index is 12.7. The first-order valence-corrected chi connectivity index (χ1v) is 8.63. The molecule has 0 spiro atoms. The first-order valence-electron chi connectivity index (χ1n) is 8.63. The number of carbonyl (C=O) groups excluding carboxylic acids is 1. The minimum absolute atomic E-state index is 0.201. The second kappa shape index (κ2) is 7.95. The maximum absolute atomic E-state index is 12.7. The van der Waals surface area contributed by atoms with Crippen LogP contribution in [0.4, 0.5) is 0 Å². The summed E-state index contributed by atoms with van der Waals surface area (Å²) in [4.78, 5) is 17.3. The summed E-state index contributed by atoms with van der Waals surface area (Å²) in [6.45, 7) is 4.09. The summed E-state index contributed by atoms with van der Waals surface area (Å²) < 4.78 is 12.8. The number of aromatic nitrogens is 2. The van der Waals surface area contributed by atoms with E-state index in [1.54, 1.807) is 32.4 Å². The molecule has 0 unspecified atom stereocenters. The Balaban J connectivity index is 1.84. The second-order valence-electron chi connectivity index (χ2n) is 6.12. The van der Waals surface area contributed by atoms with Gasteiger partial charge in [0.25, 0.3) is 5.91 Å². The number of amides is 1. The van der Waals surface area contributed by atoms with Gasteiger partial charge in [-0.1, -0.05) is 18.2 Å². The van der Waals surface area contributed by atoms with Crippen LogP contribution in [0.15, 0.2) is 49.1 Å². The van der Waals surface area contributed by atoms with Gasteiger partial charge in [0.15, 0.2) is 11.5 Å². The van der Waals surface area contributed by atoms with E-state index in [2.05, 4.69) is 16.9 Å². The average Bonchev–Trinajstić information content (AvgIpc) is 3.01. The van der Waals surface area contributed by atoms with Crippen LogP contribution in [0.3, 0.4) is 0 Å². The zero-order valence-electron chi connectivity index (χ0n) is 15.8. The zero-order valence-corrected chi connectivity index (χ0v) is 15.8. The zero-order chi connectivity index (χ0) is 19.4. The lowest BCUT2D eigenvalue weighted by Gasteiger charge is -2.14. The van der Waals surface area contributed by atoms with E-state index in [-0.39, 0.29) is 5.91 Å². The van der Waals surface area contributed by atoms with Crippen LogP contribution in [0.5, 0.6) is 11.5 Å². The monoisotopic (exact) mass is 365 g/mol. The Morgan fingerprint density at radius 2 is 2.04 bits per heavy atom. The van der Waals surface area contributed by atoms with Gasteiger partial charge in [-0.25, -0.2) is 4.98 Å². The molecule has 3 rings (SSSR count). The largest absolute Gasteiger partial charge is 0.493 e. The Bertz CT molecular complexity index is 992. The van der Waals surface area contributed by atoms with E-state index in [1.807, 2.05) is 35.9 Å². The SMILES string of the molecule is C=CCc1cc(C(=O)NCc2nc3ccccc3n2C)cc(OC)c1OC. The van der Waals surface area contributed by atoms with Crippen LogP contribution in [0.1, 0.15) is 21.7 Å². The van der Waals surface area contributed by atoms with E-state index in [1.165, 1.54) is 0 Å². The number of ether oxygens (including phenoxy) is 2. The highest BCUT2D eigenvalue weighted by atomic mass is 16.5. The maximum Gasteiger partial charge on any atom is 0.251 e. The second-order valence-corrected chi connectivity index (χ2v) is 6.12. The van der Waals surface area contributed by atoms with E-state index in [0.29, 0.717) is 30.0 Å². The van der Waals surface area contributed by atoms with Crippen LogP contribution in [0.25, 0.3) is 11.0 Å². The molecule has 6 nitrogen and oxygen atoms in total. The van der Waals surface area contributed by atoms with Gasteiger partial charge in [-0.05, 0) is 30.7 Å². The predicted molar refractivity (Wildman–Crippen MR) is 105 cm³/mol. The lowest BCUT2D eigenvalue weighted by Crippen LogP contribution is -2.24. The fourth-order valence-corrected chi connectivity index (χ4v) is 3.10. The van der Waals surface area contributed by atoms with Crippen molar-refractivity contribution < 1.29 is 14.3 Å². The Labute approximate surface area is 158 Å². The van der Waals surface area contributed by atoms with Gasteiger partial charge in [0.05, 0.1) is 31.8 Å². The Hall–Kier alpha value is -3.28. The number of nitrogens with one attached hydrogen (secondary N) is 1.